The van der Waals surface area contributed by atoms with E-state index in [1.54, 1.807) is 24.3 Å². The van der Waals surface area contributed by atoms with Crippen LogP contribution in [0.1, 0.15) is 10.4 Å². The predicted molar refractivity (Wildman–Crippen MR) is 124 cm³/mol. The molecule has 1 aromatic heterocycles. The number of ether oxygens (including phenoxy) is 2. The summed E-state index contributed by atoms with van der Waals surface area (Å²) in [5.41, 5.74) is 1.65. The number of hydrogen-bond acceptors (Lipinski definition) is 7. The first-order valence-electron chi connectivity index (χ1n) is 9.78. The van der Waals surface area contributed by atoms with Gasteiger partial charge in [-0.05, 0) is 24.3 Å². The number of methoxy groups -OCH3 is 1. The van der Waals surface area contributed by atoms with Gasteiger partial charge in [0, 0.05) is 16.8 Å². The Morgan fingerprint density at radius 3 is 2.42 bits per heavy atom. The normalized spacial score (nSPS) is 11.3. The molecule has 0 unspecified atom stereocenters. The van der Waals surface area contributed by atoms with Crippen LogP contribution in [0.5, 0.6) is 5.75 Å². The molecular weight excluding hydrogens is 448 g/mol. The number of amides is 1. The molecule has 4 aromatic rings. The minimum atomic E-state index is -3.60. The van der Waals surface area contributed by atoms with Crippen molar-refractivity contribution < 1.29 is 31.9 Å². The molecular formula is C23H20N2O7S. The van der Waals surface area contributed by atoms with Crippen LogP contribution in [0.4, 0.5) is 11.4 Å². The molecule has 0 radical (unpaired) electrons. The molecule has 0 spiro atoms. The summed E-state index contributed by atoms with van der Waals surface area (Å²) in [6, 6.07) is 16.9. The van der Waals surface area contributed by atoms with Crippen molar-refractivity contribution in [3.05, 3.63) is 66.2 Å². The quantitative estimate of drug-likeness (QED) is 0.396. The Hall–Kier alpha value is -4.05. The molecule has 3 aromatic carbocycles. The van der Waals surface area contributed by atoms with Crippen molar-refractivity contribution in [1.82, 2.24) is 0 Å². The highest BCUT2D eigenvalue weighted by atomic mass is 32.2. The van der Waals surface area contributed by atoms with Crippen LogP contribution in [0.25, 0.3) is 21.9 Å². The van der Waals surface area contributed by atoms with Gasteiger partial charge in [0.05, 0.1) is 30.3 Å². The van der Waals surface area contributed by atoms with Crippen LogP contribution in [-0.4, -0.2) is 40.3 Å². The number of fused-ring (bicyclic) bond motifs is 3. The molecule has 0 aliphatic rings. The summed E-state index contributed by atoms with van der Waals surface area (Å²) in [6.45, 7) is -0.590. The molecule has 0 saturated heterocycles. The van der Waals surface area contributed by atoms with Crippen LogP contribution in [0.3, 0.4) is 0 Å². The second-order valence-corrected chi connectivity index (χ2v) is 8.94. The first-order chi connectivity index (χ1) is 15.7. The van der Waals surface area contributed by atoms with Crippen LogP contribution >= 0.6 is 0 Å². The number of carbonyl (C=O) groups excluding carboxylic acids is 2. The van der Waals surface area contributed by atoms with E-state index in [9.17, 15) is 18.0 Å². The summed E-state index contributed by atoms with van der Waals surface area (Å²) in [4.78, 5) is 24.9. The van der Waals surface area contributed by atoms with Gasteiger partial charge in [-0.1, -0.05) is 30.3 Å². The lowest BCUT2D eigenvalue weighted by Gasteiger charge is -2.12. The summed E-state index contributed by atoms with van der Waals surface area (Å²) in [5, 5.41) is 4.40. The first-order valence-corrected chi connectivity index (χ1v) is 11.7. The Labute approximate surface area is 189 Å². The van der Waals surface area contributed by atoms with Crippen LogP contribution in [-0.2, 0) is 19.6 Å². The van der Waals surface area contributed by atoms with Gasteiger partial charge in [-0.3, -0.25) is 9.52 Å². The number of carbonyl (C=O) groups is 2. The van der Waals surface area contributed by atoms with Gasteiger partial charge < -0.3 is 19.2 Å². The molecule has 170 valence electrons. The Balaban J connectivity index is 1.49. The van der Waals surface area contributed by atoms with Crippen molar-refractivity contribution in [2.45, 2.75) is 0 Å². The number of furan rings is 1. The second kappa shape index (κ2) is 8.83. The molecule has 1 amide bonds. The van der Waals surface area contributed by atoms with Gasteiger partial charge in [0.25, 0.3) is 5.91 Å². The fourth-order valence-corrected chi connectivity index (χ4v) is 3.94. The molecule has 0 atom stereocenters. The summed E-state index contributed by atoms with van der Waals surface area (Å²) >= 11 is 0. The minimum absolute atomic E-state index is 0.0167. The zero-order valence-corrected chi connectivity index (χ0v) is 18.6. The van der Waals surface area contributed by atoms with Gasteiger partial charge in [0.15, 0.2) is 6.61 Å². The third kappa shape index (κ3) is 4.90. The average molecular weight is 468 g/mol. The van der Waals surface area contributed by atoms with Crippen LogP contribution in [0.15, 0.2) is 65.1 Å². The Morgan fingerprint density at radius 2 is 1.67 bits per heavy atom. The monoisotopic (exact) mass is 468 g/mol. The van der Waals surface area contributed by atoms with E-state index < -0.39 is 28.5 Å². The van der Waals surface area contributed by atoms with Crippen LogP contribution in [0.2, 0.25) is 0 Å². The van der Waals surface area contributed by atoms with Crippen molar-refractivity contribution >= 4 is 55.2 Å². The summed E-state index contributed by atoms with van der Waals surface area (Å²) in [5.74, 6) is -1.04. The topological polar surface area (TPSA) is 124 Å². The standard InChI is InChI=1S/C23H20N2O7S/c1-30-21-11-16-14-7-4-6-10-19(14)32-20(16)12-18(21)24-22(26)13-31-23(27)15-8-3-5-9-17(15)25-33(2,28)29/h3-12,25H,13H2,1-2H3,(H,24,26). The SMILES string of the molecule is COc1cc2c(cc1NC(=O)COC(=O)c1ccccc1NS(C)(=O)=O)oc1ccccc12. The Kier molecular flexibility index (Phi) is 5.93. The molecule has 2 N–H and O–H groups in total. The largest absolute Gasteiger partial charge is 0.495 e. The van der Waals surface area contributed by atoms with E-state index in [0.717, 1.165) is 17.0 Å². The molecule has 4 rings (SSSR count). The van der Waals surface area contributed by atoms with Gasteiger partial charge in [0.2, 0.25) is 10.0 Å². The van der Waals surface area contributed by atoms with Gasteiger partial charge in [-0.15, -0.1) is 0 Å². The average Bonchev–Trinajstić information content (AvgIpc) is 3.13. The molecule has 0 bridgehead atoms. The van der Waals surface area contributed by atoms with Gasteiger partial charge >= 0.3 is 5.97 Å². The zero-order chi connectivity index (χ0) is 23.6. The molecule has 0 aliphatic heterocycles. The number of esters is 1. The minimum Gasteiger partial charge on any atom is -0.495 e. The molecule has 0 aliphatic carbocycles. The van der Waals surface area contributed by atoms with E-state index in [1.165, 1.54) is 19.2 Å². The Bertz CT molecular complexity index is 1470. The second-order valence-electron chi connectivity index (χ2n) is 7.19. The van der Waals surface area contributed by atoms with Crippen molar-refractivity contribution in [3.63, 3.8) is 0 Å². The van der Waals surface area contributed by atoms with E-state index in [1.807, 2.05) is 24.3 Å². The van der Waals surface area contributed by atoms with Gasteiger partial charge in [-0.2, -0.15) is 0 Å². The third-order valence-electron chi connectivity index (χ3n) is 4.75. The first kappa shape index (κ1) is 22.2. The smallest absolute Gasteiger partial charge is 0.340 e. The highest BCUT2D eigenvalue weighted by Crippen LogP contribution is 2.36. The number of sulfonamides is 1. The third-order valence-corrected chi connectivity index (χ3v) is 5.34. The molecule has 10 heteroatoms. The number of benzene rings is 3. The van der Waals surface area contributed by atoms with E-state index in [0.29, 0.717) is 22.6 Å². The molecule has 0 fully saturated rings. The van der Waals surface area contributed by atoms with E-state index in [-0.39, 0.29) is 11.3 Å². The summed E-state index contributed by atoms with van der Waals surface area (Å²) in [6.07, 6.45) is 0.967. The lowest BCUT2D eigenvalue weighted by Crippen LogP contribution is -2.22. The molecule has 1 heterocycles. The molecule has 0 saturated carbocycles. The molecule has 33 heavy (non-hydrogen) atoms. The van der Waals surface area contributed by atoms with Crippen molar-refractivity contribution in [1.29, 1.82) is 0 Å². The lowest BCUT2D eigenvalue weighted by atomic mass is 10.1. The van der Waals surface area contributed by atoms with Gasteiger partial charge in [-0.25, -0.2) is 13.2 Å². The summed E-state index contributed by atoms with van der Waals surface area (Å²) < 4.78 is 41.6. The predicted octanol–water partition coefficient (Wildman–Crippen LogP) is 3.76. The maximum Gasteiger partial charge on any atom is 0.340 e. The number of rotatable bonds is 7. The zero-order valence-electron chi connectivity index (χ0n) is 17.7. The fraction of sp³-hybridized carbons (Fsp3) is 0.130. The molecule has 9 nitrogen and oxygen atoms in total. The van der Waals surface area contributed by atoms with Crippen molar-refractivity contribution in [3.8, 4) is 5.75 Å². The maximum absolute atomic E-state index is 12.5. The van der Waals surface area contributed by atoms with Crippen molar-refractivity contribution in [2.24, 2.45) is 0 Å². The van der Waals surface area contributed by atoms with E-state index in [2.05, 4.69) is 10.0 Å². The van der Waals surface area contributed by atoms with E-state index in [4.69, 9.17) is 13.9 Å². The number of anilines is 2. The van der Waals surface area contributed by atoms with Crippen LogP contribution < -0.4 is 14.8 Å². The number of hydrogen-bond donors (Lipinski definition) is 2. The lowest BCUT2D eigenvalue weighted by molar-refractivity contribution is -0.119. The van der Waals surface area contributed by atoms with Gasteiger partial charge in [0.1, 0.15) is 16.9 Å². The number of nitrogens with one attached hydrogen (secondary N) is 2. The highest BCUT2D eigenvalue weighted by Gasteiger charge is 2.18. The highest BCUT2D eigenvalue weighted by molar-refractivity contribution is 7.92. The van der Waals surface area contributed by atoms with Crippen LogP contribution in [0, 0.1) is 0 Å². The Morgan fingerprint density at radius 1 is 0.939 bits per heavy atom. The maximum atomic E-state index is 12.5. The summed E-state index contributed by atoms with van der Waals surface area (Å²) in [7, 11) is -2.12. The van der Waals surface area contributed by atoms with Crippen molar-refractivity contribution in [2.75, 3.05) is 30.0 Å². The van der Waals surface area contributed by atoms with E-state index >= 15 is 0 Å². The fourth-order valence-electron chi connectivity index (χ4n) is 3.36. The number of para-hydroxylation sites is 2.